The molecule has 0 aromatic carbocycles. The largest absolute Gasteiger partial charge is 0.377 e. The lowest BCUT2D eigenvalue weighted by Gasteiger charge is -2.11. The van der Waals surface area contributed by atoms with E-state index in [-0.39, 0.29) is 0 Å². The van der Waals surface area contributed by atoms with Gasteiger partial charge in [0.1, 0.15) is 5.82 Å². The Morgan fingerprint density at radius 1 is 1.53 bits per heavy atom. The average Bonchev–Trinajstić information content (AvgIpc) is 3.15. The number of aromatic nitrogens is 2. The Balaban J connectivity index is 1.49. The van der Waals surface area contributed by atoms with E-state index in [4.69, 9.17) is 4.74 Å². The minimum Gasteiger partial charge on any atom is -0.377 e. The van der Waals surface area contributed by atoms with Crippen molar-refractivity contribution in [2.24, 2.45) is 0 Å². The number of rotatable bonds is 6. The summed E-state index contributed by atoms with van der Waals surface area (Å²) >= 11 is 1.73. The molecule has 0 bridgehead atoms. The van der Waals surface area contributed by atoms with Gasteiger partial charge in [-0.1, -0.05) is 6.07 Å². The lowest BCUT2D eigenvalue weighted by atomic mass is 10.2. The Bertz CT molecular complexity index is 489. The van der Waals surface area contributed by atoms with Crippen LogP contribution in [-0.2, 0) is 11.3 Å². The Morgan fingerprint density at radius 2 is 2.53 bits per heavy atom. The van der Waals surface area contributed by atoms with E-state index in [9.17, 15) is 0 Å². The number of nitrogens with one attached hydrogen (secondary N) is 1. The van der Waals surface area contributed by atoms with Crippen molar-refractivity contribution < 1.29 is 4.74 Å². The van der Waals surface area contributed by atoms with Gasteiger partial charge in [0.25, 0.3) is 0 Å². The lowest BCUT2D eigenvalue weighted by molar-refractivity contribution is 0.110. The maximum absolute atomic E-state index is 5.59. The van der Waals surface area contributed by atoms with Crippen LogP contribution >= 0.6 is 11.3 Å². The first-order valence-electron chi connectivity index (χ1n) is 6.81. The minimum absolute atomic E-state index is 0.416. The molecule has 1 aliphatic rings. The van der Waals surface area contributed by atoms with Crippen molar-refractivity contribution in [2.45, 2.75) is 25.5 Å². The Kier molecular flexibility index (Phi) is 4.27. The molecule has 1 unspecified atom stereocenters. The summed E-state index contributed by atoms with van der Waals surface area (Å²) in [5.41, 5.74) is 0. The third-order valence-corrected chi connectivity index (χ3v) is 4.25. The van der Waals surface area contributed by atoms with Gasteiger partial charge in [-0.2, -0.15) is 0 Å². The van der Waals surface area contributed by atoms with Gasteiger partial charge >= 0.3 is 0 Å². The van der Waals surface area contributed by atoms with Crippen LogP contribution in [0.25, 0.3) is 10.7 Å². The van der Waals surface area contributed by atoms with Gasteiger partial charge in [-0.15, -0.1) is 11.3 Å². The SMILES string of the molecule is c1csc(-c2nccn2CCNCC2CCCO2)c1. The number of thiophene rings is 1. The van der Waals surface area contributed by atoms with Gasteiger partial charge in [-0.25, -0.2) is 4.98 Å². The summed E-state index contributed by atoms with van der Waals surface area (Å²) in [6, 6.07) is 4.18. The van der Waals surface area contributed by atoms with Crippen LogP contribution in [0.5, 0.6) is 0 Å². The first-order chi connectivity index (χ1) is 9.43. The van der Waals surface area contributed by atoms with E-state index < -0.39 is 0 Å². The van der Waals surface area contributed by atoms with Crippen molar-refractivity contribution in [1.29, 1.82) is 0 Å². The van der Waals surface area contributed by atoms with Crippen molar-refractivity contribution in [3.63, 3.8) is 0 Å². The zero-order valence-corrected chi connectivity index (χ0v) is 11.7. The highest BCUT2D eigenvalue weighted by Crippen LogP contribution is 2.22. The first kappa shape index (κ1) is 12.8. The summed E-state index contributed by atoms with van der Waals surface area (Å²) in [6.07, 6.45) is 6.73. The Labute approximate surface area is 117 Å². The predicted molar refractivity (Wildman–Crippen MR) is 77.4 cm³/mol. The zero-order chi connectivity index (χ0) is 12.9. The number of hydrogen-bond donors (Lipinski definition) is 1. The molecule has 3 heterocycles. The highest BCUT2D eigenvalue weighted by Gasteiger charge is 2.14. The second-order valence-corrected chi connectivity index (χ2v) is 5.71. The van der Waals surface area contributed by atoms with Crippen LogP contribution in [0.1, 0.15) is 12.8 Å². The maximum atomic E-state index is 5.59. The molecule has 1 fully saturated rings. The molecule has 1 aliphatic heterocycles. The van der Waals surface area contributed by atoms with Crippen molar-refractivity contribution >= 4 is 11.3 Å². The van der Waals surface area contributed by atoms with Gasteiger partial charge < -0.3 is 14.6 Å². The monoisotopic (exact) mass is 277 g/mol. The molecule has 2 aromatic rings. The van der Waals surface area contributed by atoms with Gasteiger partial charge in [0.15, 0.2) is 0 Å². The fourth-order valence-corrected chi connectivity index (χ4v) is 3.12. The number of imidazole rings is 1. The van der Waals surface area contributed by atoms with Crippen LogP contribution in [0.3, 0.4) is 0 Å². The molecule has 0 aliphatic carbocycles. The zero-order valence-electron chi connectivity index (χ0n) is 10.9. The molecule has 1 atom stereocenters. The van der Waals surface area contributed by atoms with Crippen molar-refractivity contribution in [3.8, 4) is 10.7 Å². The van der Waals surface area contributed by atoms with Crippen LogP contribution in [0.4, 0.5) is 0 Å². The molecule has 3 rings (SSSR count). The molecule has 0 amide bonds. The van der Waals surface area contributed by atoms with Gasteiger partial charge in [-0.3, -0.25) is 0 Å². The van der Waals surface area contributed by atoms with E-state index >= 15 is 0 Å². The minimum atomic E-state index is 0.416. The Morgan fingerprint density at radius 3 is 3.32 bits per heavy atom. The van der Waals surface area contributed by atoms with E-state index in [1.165, 1.54) is 17.7 Å². The fraction of sp³-hybridized carbons (Fsp3) is 0.500. The summed E-state index contributed by atoms with van der Waals surface area (Å²) in [6.45, 7) is 3.79. The Hall–Kier alpha value is -1.17. The van der Waals surface area contributed by atoms with Crippen molar-refractivity contribution in [2.75, 3.05) is 19.7 Å². The second-order valence-electron chi connectivity index (χ2n) is 4.76. The quantitative estimate of drug-likeness (QED) is 0.824. The summed E-state index contributed by atoms with van der Waals surface area (Å²) in [4.78, 5) is 5.66. The molecule has 102 valence electrons. The molecular weight excluding hydrogens is 258 g/mol. The third-order valence-electron chi connectivity index (χ3n) is 3.38. The summed E-state index contributed by atoms with van der Waals surface area (Å²) in [5, 5.41) is 5.56. The average molecular weight is 277 g/mol. The van der Waals surface area contributed by atoms with Crippen LogP contribution in [0.2, 0.25) is 0 Å². The number of hydrogen-bond acceptors (Lipinski definition) is 4. The predicted octanol–water partition coefficient (Wildman–Crippen LogP) is 2.38. The summed E-state index contributed by atoms with van der Waals surface area (Å²) in [5.74, 6) is 1.06. The van der Waals surface area contributed by atoms with Crippen LogP contribution in [0, 0.1) is 0 Å². The van der Waals surface area contributed by atoms with Crippen LogP contribution < -0.4 is 5.32 Å². The van der Waals surface area contributed by atoms with Crippen LogP contribution in [-0.4, -0.2) is 35.4 Å². The van der Waals surface area contributed by atoms with E-state index in [1.807, 2.05) is 12.4 Å². The smallest absolute Gasteiger partial charge is 0.150 e. The molecule has 0 spiro atoms. The first-order valence-corrected chi connectivity index (χ1v) is 7.69. The maximum Gasteiger partial charge on any atom is 0.150 e. The van der Waals surface area contributed by atoms with E-state index in [2.05, 4.69) is 32.4 Å². The highest BCUT2D eigenvalue weighted by atomic mass is 32.1. The molecule has 1 saturated heterocycles. The topological polar surface area (TPSA) is 39.1 Å². The number of nitrogens with zero attached hydrogens (tertiary/aromatic N) is 2. The van der Waals surface area contributed by atoms with E-state index in [1.54, 1.807) is 11.3 Å². The van der Waals surface area contributed by atoms with Gasteiger partial charge in [0.2, 0.25) is 0 Å². The van der Waals surface area contributed by atoms with E-state index in [0.29, 0.717) is 6.10 Å². The van der Waals surface area contributed by atoms with Gasteiger partial charge in [0, 0.05) is 38.6 Å². The third kappa shape index (κ3) is 3.23. The van der Waals surface area contributed by atoms with Crippen molar-refractivity contribution in [1.82, 2.24) is 14.9 Å². The van der Waals surface area contributed by atoms with Gasteiger partial charge in [0.05, 0.1) is 11.0 Å². The summed E-state index contributed by atoms with van der Waals surface area (Å²) in [7, 11) is 0. The lowest BCUT2D eigenvalue weighted by Crippen LogP contribution is -2.29. The molecule has 0 saturated carbocycles. The molecule has 5 heteroatoms. The standard InChI is InChI=1S/C14H19N3OS/c1-3-12(18-9-1)11-15-5-7-17-8-6-16-14(17)13-4-2-10-19-13/h2,4,6,8,10,12,15H,1,3,5,7,9,11H2. The second kappa shape index (κ2) is 6.32. The number of ether oxygens (including phenoxy) is 1. The molecule has 2 aromatic heterocycles. The molecule has 0 radical (unpaired) electrons. The van der Waals surface area contributed by atoms with Crippen LogP contribution in [0.15, 0.2) is 29.9 Å². The molecule has 4 nitrogen and oxygen atoms in total. The molecule has 1 N–H and O–H groups in total. The van der Waals surface area contributed by atoms with Gasteiger partial charge in [-0.05, 0) is 24.3 Å². The van der Waals surface area contributed by atoms with Crippen molar-refractivity contribution in [3.05, 3.63) is 29.9 Å². The normalized spacial score (nSPS) is 19.1. The molecule has 19 heavy (non-hydrogen) atoms. The van der Waals surface area contributed by atoms with E-state index in [0.717, 1.165) is 32.1 Å². The molecular formula is C14H19N3OS. The summed E-state index contributed by atoms with van der Waals surface area (Å²) < 4.78 is 7.80. The fourth-order valence-electron chi connectivity index (χ4n) is 2.39. The highest BCUT2D eigenvalue weighted by molar-refractivity contribution is 7.13.